The molecule has 0 aliphatic heterocycles. The summed E-state index contributed by atoms with van der Waals surface area (Å²) in [7, 11) is -3.39. The Morgan fingerprint density at radius 1 is 0.966 bits per heavy atom. The second-order valence-electron chi connectivity index (χ2n) is 6.82. The van der Waals surface area contributed by atoms with E-state index in [9.17, 15) is 9.36 Å². The van der Waals surface area contributed by atoms with Crippen molar-refractivity contribution in [2.24, 2.45) is 0 Å². The van der Waals surface area contributed by atoms with Gasteiger partial charge in [0.15, 0.2) is 6.10 Å². The summed E-state index contributed by atoms with van der Waals surface area (Å²) in [6.07, 6.45) is 1.95. The molecule has 5 nitrogen and oxygen atoms in total. The summed E-state index contributed by atoms with van der Waals surface area (Å²) in [5.41, 5.74) is 2.06. The van der Waals surface area contributed by atoms with Gasteiger partial charge in [0.25, 0.3) is 0 Å². The van der Waals surface area contributed by atoms with E-state index in [1.807, 2.05) is 67.6 Å². The molecule has 158 valence electrons. The first-order chi connectivity index (χ1) is 14.1. The topological polar surface area (TPSA) is 61.8 Å². The first kappa shape index (κ1) is 23.3. The number of benzene rings is 2. The third-order valence-electron chi connectivity index (χ3n) is 4.39. The Morgan fingerprint density at radius 3 is 2.17 bits per heavy atom. The van der Waals surface area contributed by atoms with Crippen LogP contribution < -0.4 is 0 Å². The Hall–Kier alpha value is -1.94. The highest BCUT2D eigenvalue weighted by Crippen LogP contribution is 2.50. The highest BCUT2D eigenvalue weighted by Gasteiger charge is 2.32. The maximum atomic E-state index is 13.2. The van der Waals surface area contributed by atoms with E-state index in [-0.39, 0.29) is 19.4 Å². The predicted molar refractivity (Wildman–Crippen MR) is 115 cm³/mol. The van der Waals surface area contributed by atoms with Gasteiger partial charge in [-0.15, -0.1) is 0 Å². The Kier molecular flexibility index (Phi) is 10.1. The minimum Gasteiger partial charge on any atom is -0.459 e. The van der Waals surface area contributed by atoms with Gasteiger partial charge in [-0.1, -0.05) is 74.0 Å². The average molecular weight is 418 g/mol. The second kappa shape index (κ2) is 12.6. The lowest BCUT2D eigenvalue weighted by molar-refractivity contribution is -0.154. The van der Waals surface area contributed by atoms with Crippen molar-refractivity contribution in [1.82, 2.24) is 0 Å². The highest BCUT2D eigenvalue weighted by molar-refractivity contribution is 7.53. The lowest BCUT2D eigenvalue weighted by Gasteiger charge is -2.23. The van der Waals surface area contributed by atoms with Crippen molar-refractivity contribution in [3.8, 4) is 0 Å². The maximum Gasteiger partial charge on any atom is 0.336 e. The zero-order chi connectivity index (χ0) is 21.0. The zero-order valence-electron chi connectivity index (χ0n) is 17.3. The van der Waals surface area contributed by atoms with Gasteiger partial charge in [0.2, 0.25) is 0 Å². The van der Waals surface area contributed by atoms with Crippen molar-refractivity contribution in [2.75, 3.05) is 12.8 Å². The zero-order valence-corrected chi connectivity index (χ0v) is 18.2. The number of carbonyl (C=O) groups is 1. The Labute approximate surface area is 173 Å². The first-order valence-electron chi connectivity index (χ1n) is 10.2. The Morgan fingerprint density at radius 2 is 1.59 bits per heavy atom. The van der Waals surface area contributed by atoms with E-state index in [4.69, 9.17) is 13.8 Å². The molecule has 1 unspecified atom stereocenters. The molecule has 0 spiro atoms. The molecular weight excluding hydrogens is 387 g/mol. The molecule has 2 atom stereocenters. The summed E-state index contributed by atoms with van der Waals surface area (Å²) in [6.45, 7) is 4.15. The van der Waals surface area contributed by atoms with Crippen molar-refractivity contribution in [1.29, 1.82) is 0 Å². The summed E-state index contributed by atoms with van der Waals surface area (Å²) < 4.78 is 29.9. The molecule has 0 aromatic heterocycles. The van der Waals surface area contributed by atoms with Gasteiger partial charge in [-0.25, -0.2) is 4.79 Å². The number of hydrogen-bond acceptors (Lipinski definition) is 5. The first-order valence-corrected chi connectivity index (χ1v) is 12.0. The third kappa shape index (κ3) is 8.53. The number of aryl methyl sites for hydroxylation is 1. The van der Waals surface area contributed by atoms with Crippen molar-refractivity contribution in [3.63, 3.8) is 0 Å². The molecule has 0 saturated carbocycles. The SMILES string of the molecule is CCC[C@H](OP(=O)(CCCc1ccccc1)OCC)C(=O)OCc1ccccc1. The molecule has 2 aromatic carbocycles. The van der Waals surface area contributed by atoms with Gasteiger partial charge in [-0.05, 0) is 37.3 Å². The summed E-state index contributed by atoms with van der Waals surface area (Å²) in [4.78, 5) is 12.6. The Balaban J connectivity index is 1.94. The fourth-order valence-corrected chi connectivity index (χ4v) is 4.77. The smallest absolute Gasteiger partial charge is 0.336 e. The van der Waals surface area contributed by atoms with Crippen molar-refractivity contribution < 1.29 is 23.1 Å². The number of esters is 1. The van der Waals surface area contributed by atoms with Gasteiger partial charge >= 0.3 is 13.6 Å². The van der Waals surface area contributed by atoms with E-state index in [0.29, 0.717) is 19.3 Å². The molecule has 0 amide bonds. The molecule has 2 aromatic rings. The molecule has 6 heteroatoms. The van der Waals surface area contributed by atoms with Crippen LogP contribution in [0.1, 0.15) is 44.2 Å². The van der Waals surface area contributed by atoms with Gasteiger partial charge in [-0.2, -0.15) is 0 Å². The fraction of sp³-hybridized carbons (Fsp3) is 0.435. The minimum absolute atomic E-state index is 0.163. The number of hydrogen-bond donors (Lipinski definition) is 0. The van der Waals surface area contributed by atoms with Crippen LogP contribution in [0.15, 0.2) is 60.7 Å². The molecule has 0 N–H and O–H groups in total. The van der Waals surface area contributed by atoms with Crippen LogP contribution >= 0.6 is 7.60 Å². The summed E-state index contributed by atoms with van der Waals surface area (Å²) in [6, 6.07) is 19.5. The van der Waals surface area contributed by atoms with Crippen LogP contribution in [0.3, 0.4) is 0 Å². The van der Waals surface area contributed by atoms with E-state index in [1.165, 1.54) is 5.56 Å². The normalized spacial score (nSPS) is 14.1. The van der Waals surface area contributed by atoms with Crippen LogP contribution in [0.25, 0.3) is 0 Å². The van der Waals surface area contributed by atoms with Crippen LogP contribution in [0.5, 0.6) is 0 Å². The monoisotopic (exact) mass is 418 g/mol. The summed E-state index contributed by atoms with van der Waals surface area (Å²) >= 11 is 0. The van der Waals surface area contributed by atoms with Crippen LogP contribution in [0, 0.1) is 0 Å². The quantitative estimate of drug-likeness (QED) is 0.305. The summed E-state index contributed by atoms with van der Waals surface area (Å²) in [5.74, 6) is -0.501. The van der Waals surface area contributed by atoms with Crippen LogP contribution in [0.2, 0.25) is 0 Å². The lowest BCUT2D eigenvalue weighted by Crippen LogP contribution is -2.26. The summed E-state index contributed by atoms with van der Waals surface area (Å²) in [5, 5.41) is 0. The van der Waals surface area contributed by atoms with E-state index in [1.54, 1.807) is 6.92 Å². The third-order valence-corrected chi connectivity index (χ3v) is 6.48. The van der Waals surface area contributed by atoms with Crippen molar-refractivity contribution >= 4 is 13.6 Å². The second-order valence-corrected chi connectivity index (χ2v) is 8.96. The lowest BCUT2D eigenvalue weighted by atomic mass is 10.1. The molecule has 0 aliphatic rings. The van der Waals surface area contributed by atoms with E-state index >= 15 is 0 Å². The van der Waals surface area contributed by atoms with Crippen LogP contribution in [-0.2, 0) is 36.2 Å². The van der Waals surface area contributed by atoms with Gasteiger partial charge in [0, 0.05) is 0 Å². The minimum atomic E-state index is -3.39. The highest BCUT2D eigenvalue weighted by atomic mass is 31.2. The van der Waals surface area contributed by atoms with Crippen molar-refractivity contribution in [2.45, 2.75) is 52.2 Å². The predicted octanol–water partition coefficient (Wildman–Crippen LogP) is 5.78. The fourth-order valence-electron chi connectivity index (χ4n) is 2.96. The number of ether oxygens (including phenoxy) is 1. The molecule has 0 saturated heterocycles. The van der Waals surface area contributed by atoms with Gasteiger partial charge in [0.05, 0.1) is 12.8 Å². The molecule has 0 fully saturated rings. The van der Waals surface area contributed by atoms with Gasteiger partial charge < -0.3 is 9.26 Å². The van der Waals surface area contributed by atoms with Crippen molar-refractivity contribution in [3.05, 3.63) is 71.8 Å². The van der Waals surface area contributed by atoms with Crippen LogP contribution in [0.4, 0.5) is 0 Å². The average Bonchev–Trinajstić information content (AvgIpc) is 2.73. The Bertz CT molecular complexity index is 763. The largest absolute Gasteiger partial charge is 0.459 e. The van der Waals surface area contributed by atoms with Gasteiger partial charge in [0.1, 0.15) is 6.61 Å². The number of rotatable bonds is 13. The maximum absolute atomic E-state index is 13.2. The standard InChI is InChI=1S/C23H31O5P/c1-3-12-22(23(24)26-19-21-15-9-6-10-16-21)28-29(25,27-4-2)18-11-17-20-13-7-5-8-14-20/h5-10,13-16,22H,3-4,11-12,17-19H2,1-2H3/t22-,29?/m0/s1. The van der Waals surface area contributed by atoms with E-state index in [2.05, 4.69) is 0 Å². The molecule has 0 radical (unpaired) electrons. The van der Waals surface area contributed by atoms with E-state index in [0.717, 1.165) is 12.0 Å². The van der Waals surface area contributed by atoms with Crippen LogP contribution in [-0.4, -0.2) is 24.8 Å². The molecule has 0 aliphatic carbocycles. The molecule has 0 bridgehead atoms. The molecule has 2 rings (SSSR count). The molecule has 29 heavy (non-hydrogen) atoms. The van der Waals surface area contributed by atoms with E-state index < -0.39 is 19.7 Å². The molecular formula is C23H31O5P. The van der Waals surface area contributed by atoms with Gasteiger partial charge in [-0.3, -0.25) is 9.09 Å². The number of carbonyl (C=O) groups excluding carboxylic acids is 1. The molecule has 0 heterocycles.